The number of rotatable bonds is 13. The molecule has 220 valence electrons. The number of hydrogen-bond donors (Lipinski definition) is 1. The Morgan fingerprint density at radius 2 is 1.70 bits per heavy atom. The second-order valence-corrected chi connectivity index (χ2v) is 12.5. The van der Waals surface area contributed by atoms with Crippen LogP contribution in [0.5, 0.6) is 5.75 Å². The molecular formula is C28H40ClN5O4S2. The summed E-state index contributed by atoms with van der Waals surface area (Å²) in [6.45, 7) is 12.4. The van der Waals surface area contributed by atoms with E-state index >= 15 is 0 Å². The molecule has 0 saturated carbocycles. The van der Waals surface area contributed by atoms with Gasteiger partial charge < -0.3 is 15.0 Å². The normalized spacial score (nSPS) is 14.3. The van der Waals surface area contributed by atoms with Crippen molar-refractivity contribution in [1.82, 2.24) is 19.5 Å². The maximum absolute atomic E-state index is 12.9. The number of anilines is 1. The number of benzene rings is 2. The van der Waals surface area contributed by atoms with Crippen LogP contribution < -0.4 is 15.0 Å². The van der Waals surface area contributed by atoms with Gasteiger partial charge in [-0.15, -0.1) is 12.4 Å². The number of nitrogens with zero attached hydrogens (tertiary/aromatic N) is 4. The molecule has 3 aromatic rings. The maximum Gasteiger partial charge on any atom is 0.251 e. The van der Waals surface area contributed by atoms with Gasteiger partial charge in [-0.05, 0) is 62.2 Å². The predicted molar refractivity (Wildman–Crippen MR) is 165 cm³/mol. The minimum atomic E-state index is -3.55. The molecule has 0 aliphatic carbocycles. The van der Waals surface area contributed by atoms with Gasteiger partial charge in [0.15, 0.2) is 5.13 Å². The highest BCUT2D eigenvalue weighted by atomic mass is 35.5. The Hall–Kier alpha value is -2.44. The molecule has 9 nitrogen and oxygen atoms in total. The van der Waals surface area contributed by atoms with Gasteiger partial charge in [0, 0.05) is 57.9 Å². The van der Waals surface area contributed by atoms with Gasteiger partial charge in [0.05, 0.1) is 21.7 Å². The number of ether oxygens (including phenoxy) is 1. The second kappa shape index (κ2) is 15.0. The Morgan fingerprint density at radius 1 is 1.02 bits per heavy atom. The van der Waals surface area contributed by atoms with Crippen molar-refractivity contribution in [3.05, 3.63) is 48.0 Å². The Morgan fingerprint density at radius 3 is 2.33 bits per heavy atom. The summed E-state index contributed by atoms with van der Waals surface area (Å²) in [5.74, 6) is 0.677. The molecule has 1 aromatic heterocycles. The minimum Gasteiger partial charge on any atom is -0.494 e. The van der Waals surface area contributed by atoms with Crippen LogP contribution in [0.15, 0.2) is 47.4 Å². The van der Waals surface area contributed by atoms with Crippen molar-refractivity contribution in [3.8, 4) is 5.75 Å². The number of piperazine rings is 1. The lowest BCUT2D eigenvalue weighted by atomic mass is 10.2. The lowest BCUT2D eigenvalue weighted by Crippen LogP contribution is -2.48. The first kappa shape index (κ1) is 32.1. The van der Waals surface area contributed by atoms with Crippen LogP contribution in [0.1, 0.15) is 44.0 Å². The van der Waals surface area contributed by atoms with E-state index in [1.807, 2.05) is 32.9 Å². The monoisotopic (exact) mass is 609 g/mol. The molecule has 1 aliphatic heterocycles. The van der Waals surface area contributed by atoms with Crippen LogP contribution in [0, 0.1) is 0 Å². The van der Waals surface area contributed by atoms with E-state index < -0.39 is 10.0 Å². The Bertz CT molecular complexity index is 1340. The number of amides is 1. The number of fused-ring (bicyclic) bond motifs is 1. The van der Waals surface area contributed by atoms with Gasteiger partial charge >= 0.3 is 0 Å². The molecule has 0 spiro atoms. The average molecular weight is 610 g/mol. The van der Waals surface area contributed by atoms with E-state index in [2.05, 4.69) is 21.2 Å². The Balaban J connectivity index is 0.00000441. The van der Waals surface area contributed by atoms with Crippen LogP contribution in [-0.2, 0) is 10.0 Å². The Kier molecular flexibility index (Phi) is 12.0. The molecule has 0 atom stereocenters. The summed E-state index contributed by atoms with van der Waals surface area (Å²) in [5, 5.41) is 4.00. The lowest BCUT2D eigenvalue weighted by molar-refractivity contribution is 0.0947. The highest BCUT2D eigenvalue weighted by Crippen LogP contribution is 2.32. The van der Waals surface area contributed by atoms with E-state index in [-0.39, 0.29) is 23.2 Å². The zero-order chi connectivity index (χ0) is 27.8. The highest BCUT2D eigenvalue weighted by molar-refractivity contribution is 7.89. The fourth-order valence-corrected chi connectivity index (χ4v) is 7.32. The summed E-state index contributed by atoms with van der Waals surface area (Å²) in [4.78, 5) is 22.3. The molecule has 1 N–H and O–H groups in total. The van der Waals surface area contributed by atoms with Gasteiger partial charge in [0.1, 0.15) is 5.75 Å². The number of sulfonamides is 1. The number of halogens is 1. The fourth-order valence-electron chi connectivity index (χ4n) is 4.66. The number of hydrogen-bond acceptors (Lipinski definition) is 8. The summed E-state index contributed by atoms with van der Waals surface area (Å²) in [5.41, 5.74) is 1.45. The number of carbonyl (C=O) groups excluding carboxylic acids is 1. The van der Waals surface area contributed by atoms with Crippen molar-refractivity contribution in [3.63, 3.8) is 0 Å². The predicted octanol–water partition coefficient (Wildman–Crippen LogP) is 4.48. The molecule has 1 fully saturated rings. The van der Waals surface area contributed by atoms with E-state index in [1.165, 1.54) is 16.4 Å². The van der Waals surface area contributed by atoms with Gasteiger partial charge in [-0.3, -0.25) is 9.69 Å². The van der Waals surface area contributed by atoms with Crippen molar-refractivity contribution < 1.29 is 17.9 Å². The van der Waals surface area contributed by atoms with Gasteiger partial charge in [-0.25, -0.2) is 13.4 Å². The summed E-state index contributed by atoms with van der Waals surface area (Å²) in [6.07, 6.45) is 1.51. The third-order valence-electron chi connectivity index (χ3n) is 6.72. The lowest BCUT2D eigenvalue weighted by Gasteiger charge is -2.34. The first-order valence-corrected chi connectivity index (χ1v) is 16.0. The summed E-state index contributed by atoms with van der Waals surface area (Å²) >= 11 is 1.69. The minimum absolute atomic E-state index is 0. The van der Waals surface area contributed by atoms with E-state index in [0.717, 1.165) is 66.7 Å². The molecule has 40 heavy (non-hydrogen) atoms. The van der Waals surface area contributed by atoms with Crippen molar-refractivity contribution in [2.45, 2.75) is 38.5 Å². The molecule has 2 aromatic carbocycles. The molecule has 4 rings (SSSR count). The number of thiazole rings is 1. The molecule has 1 saturated heterocycles. The van der Waals surface area contributed by atoms with Gasteiger partial charge in [0.25, 0.3) is 5.91 Å². The highest BCUT2D eigenvalue weighted by Gasteiger charge is 2.23. The van der Waals surface area contributed by atoms with Crippen LogP contribution >= 0.6 is 23.7 Å². The molecule has 0 bridgehead atoms. The van der Waals surface area contributed by atoms with Gasteiger partial charge in [-0.2, -0.15) is 4.31 Å². The first-order chi connectivity index (χ1) is 18.8. The molecule has 0 unspecified atom stereocenters. The third-order valence-corrected chi connectivity index (χ3v) is 9.71. The topological polar surface area (TPSA) is 95.1 Å². The van der Waals surface area contributed by atoms with E-state index in [0.29, 0.717) is 31.8 Å². The first-order valence-electron chi connectivity index (χ1n) is 13.7. The SMILES string of the molecule is CCCN(CCC)S(=O)(=O)c1ccc(C(=O)NCCN2CCN(c3nc4ccc(OCC)cc4s3)CC2)cc1.Cl. The van der Waals surface area contributed by atoms with E-state index in [9.17, 15) is 13.2 Å². The number of aromatic nitrogens is 1. The standard InChI is InChI=1S/C28H39N5O4S2.ClH/c1-4-14-33(15-5-2)39(35,36)24-10-7-22(8-11-24)27(34)29-13-16-31-17-19-32(20-18-31)28-30-25-12-9-23(37-6-3)21-26(25)38-28;/h7-12,21H,4-6,13-20H2,1-3H3,(H,29,34);1H. The zero-order valence-corrected chi connectivity index (χ0v) is 25.9. The third kappa shape index (κ3) is 7.85. The van der Waals surface area contributed by atoms with Gasteiger partial charge in [0.2, 0.25) is 10.0 Å². The van der Waals surface area contributed by atoms with Crippen molar-refractivity contribution in [2.75, 3.05) is 63.9 Å². The van der Waals surface area contributed by atoms with Crippen molar-refractivity contribution in [2.24, 2.45) is 0 Å². The van der Waals surface area contributed by atoms with Crippen LogP contribution in [-0.4, -0.2) is 87.5 Å². The average Bonchev–Trinajstić information content (AvgIpc) is 3.37. The number of nitrogens with one attached hydrogen (secondary N) is 1. The number of carbonyl (C=O) groups is 1. The van der Waals surface area contributed by atoms with Crippen LogP contribution in [0.3, 0.4) is 0 Å². The quantitative estimate of drug-likeness (QED) is 0.305. The zero-order valence-electron chi connectivity index (χ0n) is 23.5. The maximum atomic E-state index is 12.9. The molecule has 2 heterocycles. The van der Waals surface area contributed by atoms with Crippen molar-refractivity contribution >= 4 is 55.0 Å². The fraction of sp³-hybridized carbons (Fsp3) is 0.500. The van der Waals surface area contributed by atoms with Crippen LogP contribution in [0.2, 0.25) is 0 Å². The summed E-state index contributed by atoms with van der Waals surface area (Å²) in [7, 11) is -3.55. The van der Waals surface area contributed by atoms with Crippen LogP contribution in [0.4, 0.5) is 5.13 Å². The molecule has 1 amide bonds. The molecule has 1 aliphatic rings. The Labute approximate surface area is 248 Å². The molecule has 12 heteroatoms. The smallest absolute Gasteiger partial charge is 0.251 e. The summed E-state index contributed by atoms with van der Waals surface area (Å²) in [6, 6.07) is 12.3. The molecular weight excluding hydrogens is 570 g/mol. The second-order valence-electron chi connectivity index (χ2n) is 9.57. The van der Waals surface area contributed by atoms with Gasteiger partial charge in [-0.1, -0.05) is 25.2 Å². The van der Waals surface area contributed by atoms with Crippen molar-refractivity contribution in [1.29, 1.82) is 0 Å². The van der Waals surface area contributed by atoms with E-state index in [4.69, 9.17) is 9.72 Å². The molecule has 0 radical (unpaired) electrons. The summed E-state index contributed by atoms with van der Waals surface area (Å²) < 4.78 is 34.1. The van der Waals surface area contributed by atoms with E-state index in [1.54, 1.807) is 23.5 Å². The largest absolute Gasteiger partial charge is 0.494 e. The van der Waals surface area contributed by atoms with Crippen LogP contribution in [0.25, 0.3) is 10.2 Å².